The lowest BCUT2D eigenvalue weighted by atomic mass is 10.2. The Morgan fingerprint density at radius 2 is 2.18 bits per heavy atom. The number of aryl methyl sites for hydroxylation is 1. The van der Waals surface area contributed by atoms with Crippen LogP contribution in [0.5, 0.6) is 0 Å². The number of anilines is 1. The number of carbonyl (C=O) groups excluding carboxylic acids is 1. The van der Waals surface area contributed by atoms with Gasteiger partial charge in [-0.2, -0.15) is 0 Å². The molecule has 28 heavy (non-hydrogen) atoms. The van der Waals surface area contributed by atoms with E-state index < -0.39 is 0 Å². The van der Waals surface area contributed by atoms with Crippen LogP contribution in [0.25, 0.3) is 0 Å². The number of nitrogens with zero attached hydrogens (tertiary/aromatic N) is 4. The van der Waals surface area contributed by atoms with Gasteiger partial charge < -0.3 is 20.3 Å². The topological polar surface area (TPSA) is 91.7 Å². The number of pyridine rings is 1. The predicted molar refractivity (Wildman–Crippen MR) is 113 cm³/mol. The molecule has 2 rings (SSSR count). The summed E-state index contributed by atoms with van der Waals surface area (Å²) in [6.07, 6.45) is 1.79. The maximum Gasteiger partial charge on any atom is 0.350 e. The Balaban J connectivity index is 2.00. The number of aromatic nitrogens is 2. The lowest BCUT2D eigenvalue weighted by molar-refractivity contribution is 0.0531. The molecule has 2 aromatic heterocycles. The first kappa shape index (κ1) is 21.6. The van der Waals surface area contributed by atoms with Crippen molar-refractivity contribution in [3.63, 3.8) is 0 Å². The van der Waals surface area contributed by atoms with Crippen molar-refractivity contribution in [1.82, 2.24) is 20.6 Å². The standard InChI is InChI=1S/C19H28N6O2S/c1-7-27-18(26)16-12(2)23-17(28-16)13(3)24-19(20-4)22-11-14-8-9-21-15(10-14)25(5)6/h8-10,13H,7,11H2,1-6H3,(H2,20,22,24). The molecule has 0 saturated carbocycles. The molecule has 0 bridgehead atoms. The minimum Gasteiger partial charge on any atom is -0.462 e. The van der Waals surface area contributed by atoms with E-state index in [1.807, 2.05) is 45.0 Å². The van der Waals surface area contributed by atoms with Crippen LogP contribution in [0.1, 0.15) is 45.8 Å². The first-order valence-electron chi connectivity index (χ1n) is 9.09. The number of guanidine groups is 1. The van der Waals surface area contributed by atoms with E-state index in [1.54, 1.807) is 20.2 Å². The molecular formula is C19H28N6O2S. The summed E-state index contributed by atoms with van der Waals surface area (Å²) in [4.78, 5) is 27.6. The highest BCUT2D eigenvalue weighted by Gasteiger charge is 2.20. The molecule has 2 aromatic rings. The van der Waals surface area contributed by atoms with Crippen LogP contribution in [0.2, 0.25) is 0 Å². The van der Waals surface area contributed by atoms with E-state index >= 15 is 0 Å². The van der Waals surface area contributed by atoms with Gasteiger partial charge in [-0.3, -0.25) is 4.99 Å². The third-order valence-corrected chi connectivity index (χ3v) is 5.27. The molecule has 9 heteroatoms. The van der Waals surface area contributed by atoms with Crippen LogP contribution in [-0.2, 0) is 11.3 Å². The largest absolute Gasteiger partial charge is 0.462 e. The summed E-state index contributed by atoms with van der Waals surface area (Å²) < 4.78 is 5.08. The Morgan fingerprint density at radius 3 is 2.82 bits per heavy atom. The summed E-state index contributed by atoms with van der Waals surface area (Å²) in [5.74, 6) is 1.23. The maximum absolute atomic E-state index is 12.0. The van der Waals surface area contributed by atoms with Crippen molar-refractivity contribution in [2.24, 2.45) is 4.99 Å². The van der Waals surface area contributed by atoms with Crippen LogP contribution in [0.4, 0.5) is 5.82 Å². The summed E-state index contributed by atoms with van der Waals surface area (Å²) in [6, 6.07) is 3.89. The van der Waals surface area contributed by atoms with Gasteiger partial charge >= 0.3 is 5.97 Å². The molecule has 0 aromatic carbocycles. The molecular weight excluding hydrogens is 376 g/mol. The second-order valence-electron chi connectivity index (χ2n) is 6.40. The smallest absolute Gasteiger partial charge is 0.350 e. The molecule has 0 aliphatic carbocycles. The molecule has 1 unspecified atom stereocenters. The van der Waals surface area contributed by atoms with Gasteiger partial charge in [0.25, 0.3) is 0 Å². The molecule has 0 spiro atoms. The fourth-order valence-electron chi connectivity index (χ4n) is 2.45. The molecule has 0 fully saturated rings. The maximum atomic E-state index is 12.0. The van der Waals surface area contributed by atoms with Crippen molar-refractivity contribution in [1.29, 1.82) is 0 Å². The van der Waals surface area contributed by atoms with Crippen molar-refractivity contribution < 1.29 is 9.53 Å². The number of nitrogens with one attached hydrogen (secondary N) is 2. The van der Waals surface area contributed by atoms with Crippen molar-refractivity contribution in [3.05, 3.63) is 39.5 Å². The highest BCUT2D eigenvalue weighted by atomic mass is 32.1. The summed E-state index contributed by atoms with van der Waals surface area (Å²) in [5, 5.41) is 7.41. The molecule has 0 aliphatic rings. The van der Waals surface area contributed by atoms with Crippen molar-refractivity contribution in [2.75, 3.05) is 32.6 Å². The van der Waals surface area contributed by atoms with Gasteiger partial charge in [0.2, 0.25) is 0 Å². The van der Waals surface area contributed by atoms with Gasteiger partial charge in [0, 0.05) is 33.9 Å². The van der Waals surface area contributed by atoms with Crippen LogP contribution in [0.15, 0.2) is 23.3 Å². The van der Waals surface area contributed by atoms with E-state index in [0.29, 0.717) is 29.7 Å². The highest BCUT2D eigenvalue weighted by Crippen LogP contribution is 2.24. The van der Waals surface area contributed by atoms with E-state index in [4.69, 9.17) is 4.74 Å². The van der Waals surface area contributed by atoms with Gasteiger partial charge in [-0.1, -0.05) is 0 Å². The summed E-state index contributed by atoms with van der Waals surface area (Å²) >= 11 is 1.34. The second-order valence-corrected chi connectivity index (χ2v) is 7.43. The third-order valence-electron chi connectivity index (χ3n) is 3.95. The lowest BCUT2D eigenvalue weighted by Gasteiger charge is -2.17. The second kappa shape index (κ2) is 10.0. The molecule has 0 aliphatic heterocycles. The Morgan fingerprint density at radius 1 is 1.43 bits per heavy atom. The molecule has 2 N–H and O–H groups in total. The number of hydrogen-bond acceptors (Lipinski definition) is 7. The van der Waals surface area contributed by atoms with Crippen LogP contribution in [0.3, 0.4) is 0 Å². The zero-order chi connectivity index (χ0) is 20.7. The van der Waals surface area contributed by atoms with Gasteiger partial charge in [0.05, 0.1) is 18.3 Å². The van der Waals surface area contributed by atoms with Crippen LogP contribution < -0.4 is 15.5 Å². The number of ether oxygens (including phenoxy) is 1. The number of thiazole rings is 1. The van der Waals surface area contributed by atoms with Gasteiger partial charge in [0.15, 0.2) is 5.96 Å². The Kier molecular flexibility index (Phi) is 7.74. The normalized spacial score (nSPS) is 12.4. The first-order valence-corrected chi connectivity index (χ1v) is 9.91. The summed E-state index contributed by atoms with van der Waals surface area (Å²) in [7, 11) is 5.64. The minimum absolute atomic E-state index is 0.104. The van der Waals surface area contributed by atoms with E-state index in [9.17, 15) is 4.79 Å². The number of carbonyl (C=O) groups is 1. The molecule has 2 heterocycles. The monoisotopic (exact) mass is 404 g/mol. The fourth-order valence-corrected chi connectivity index (χ4v) is 3.41. The van der Waals surface area contributed by atoms with Gasteiger partial charge in [-0.05, 0) is 38.5 Å². The van der Waals surface area contributed by atoms with E-state index in [2.05, 4.69) is 25.6 Å². The zero-order valence-electron chi connectivity index (χ0n) is 17.2. The quantitative estimate of drug-likeness (QED) is 0.416. The zero-order valence-corrected chi connectivity index (χ0v) is 18.1. The minimum atomic E-state index is -0.326. The van der Waals surface area contributed by atoms with Crippen LogP contribution in [0, 0.1) is 6.92 Å². The van der Waals surface area contributed by atoms with Crippen molar-refractivity contribution in [3.8, 4) is 0 Å². The van der Waals surface area contributed by atoms with Gasteiger partial charge in [-0.25, -0.2) is 14.8 Å². The summed E-state index contributed by atoms with van der Waals surface area (Å²) in [5.41, 5.74) is 1.78. The van der Waals surface area contributed by atoms with Gasteiger partial charge in [-0.15, -0.1) is 11.3 Å². The van der Waals surface area contributed by atoms with Gasteiger partial charge in [0.1, 0.15) is 15.7 Å². The Bertz CT molecular complexity index is 834. The fraction of sp³-hybridized carbons (Fsp3) is 0.474. The van der Waals surface area contributed by atoms with Crippen LogP contribution >= 0.6 is 11.3 Å². The number of rotatable bonds is 7. The molecule has 0 radical (unpaired) electrons. The Hall–Kier alpha value is -2.68. The SMILES string of the molecule is CCOC(=O)c1sc(C(C)NC(=NC)NCc2ccnc(N(C)C)c2)nc1C. The molecule has 8 nitrogen and oxygen atoms in total. The van der Waals surface area contributed by atoms with Crippen molar-refractivity contribution >= 4 is 29.1 Å². The molecule has 152 valence electrons. The average Bonchev–Trinajstić information content (AvgIpc) is 3.07. The number of aliphatic imine (C=N–C) groups is 1. The van der Waals surface area contributed by atoms with E-state index in [0.717, 1.165) is 16.4 Å². The third kappa shape index (κ3) is 5.66. The van der Waals surface area contributed by atoms with E-state index in [-0.39, 0.29) is 12.0 Å². The lowest BCUT2D eigenvalue weighted by Crippen LogP contribution is -2.38. The predicted octanol–water partition coefficient (Wildman–Crippen LogP) is 2.52. The summed E-state index contributed by atoms with van der Waals surface area (Å²) in [6.45, 7) is 6.55. The molecule has 1 atom stereocenters. The van der Waals surface area contributed by atoms with Crippen LogP contribution in [-0.4, -0.2) is 49.6 Å². The Labute approximate surface area is 170 Å². The molecule has 0 saturated heterocycles. The average molecular weight is 405 g/mol. The molecule has 0 amide bonds. The van der Waals surface area contributed by atoms with E-state index in [1.165, 1.54) is 11.3 Å². The number of esters is 1. The highest BCUT2D eigenvalue weighted by molar-refractivity contribution is 7.13. The first-order chi connectivity index (χ1) is 13.3. The number of hydrogen-bond donors (Lipinski definition) is 2. The van der Waals surface area contributed by atoms with Crippen molar-refractivity contribution in [2.45, 2.75) is 33.4 Å².